The number of carbonyl (C=O) groups is 1. The van der Waals surface area contributed by atoms with Gasteiger partial charge >= 0.3 is 0 Å². The summed E-state index contributed by atoms with van der Waals surface area (Å²) in [6.07, 6.45) is 0.162. The van der Waals surface area contributed by atoms with Crippen LogP contribution in [-0.4, -0.2) is 5.78 Å². The molecule has 0 radical (unpaired) electrons. The summed E-state index contributed by atoms with van der Waals surface area (Å²) in [6, 6.07) is 9.59. The molecule has 19 heavy (non-hydrogen) atoms. The second-order valence-corrected chi connectivity index (χ2v) is 5.68. The smallest absolute Gasteiger partial charge is 0.167 e. The summed E-state index contributed by atoms with van der Waals surface area (Å²) in [6.45, 7) is 1.92. The number of hydrogen-bond acceptors (Lipinski definition) is 1. The van der Waals surface area contributed by atoms with Gasteiger partial charge in [-0.05, 0) is 48.4 Å². The molecular weight excluding hydrogens is 331 g/mol. The van der Waals surface area contributed by atoms with Crippen LogP contribution < -0.4 is 0 Å². The van der Waals surface area contributed by atoms with E-state index in [1.54, 1.807) is 12.1 Å². The molecule has 2 aromatic rings. The van der Waals surface area contributed by atoms with Gasteiger partial charge in [-0.25, -0.2) is 4.39 Å². The van der Waals surface area contributed by atoms with E-state index >= 15 is 0 Å². The van der Waals surface area contributed by atoms with Gasteiger partial charge in [-0.2, -0.15) is 0 Å². The fraction of sp³-hybridized carbons (Fsp3) is 0.133. The van der Waals surface area contributed by atoms with E-state index in [0.717, 1.165) is 10.0 Å². The highest BCUT2D eigenvalue weighted by Crippen LogP contribution is 2.21. The van der Waals surface area contributed by atoms with E-state index < -0.39 is 5.82 Å². The number of halogens is 3. The Hall–Kier alpha value is -1.19. The maximum absolute atomic E-state index is 12.9. The molecule has 1 nitrogen and oxygen atoms in total. The molecule has 0 N–H and O–H groups in total. The first-order valence-electron chi connectivity index (χ1n) is 5.70. The summed E-state index contributed by atoms with van der Waals surface area (Å²) in [7, 11) is 0. The summed E-state index contributed by atoms with van der Waals surface area (Å²) in [5.41, 5.74) is 2.25. The second-order valence-electron chi connectivity index (χ2n) is 4.35. The van der Waals surface area contributed by atoms with Crippen molar-refractivity contribution >= 4 is 33.3 Å². The van der Waals surface area contributed by atoms with Crippen LogP contribution in [0, 0.1) is 12.7 Å². The molecule has 0 saturated carbocycles. The summed E-state index contributed by atoms with van der Waals surface area (Å²) in [5.74, 6) is -0.447. The number of ketones is 1. The lowest BCUT2D eigenvalue weighted by Gasteiger charge is -2.06. The van der Waals surface area contributed by atoms with Crippen molar-refractivity contribution in [2.24, 2.45) is 0 Å². The van der Waals surface area contributed by atoms with Gasteiger partial charge in [-0.15, -0.1) is 0 Å². The molecular formula is C15H11BrClFO. The van der Waals surface area contributed by atoms with Gasteiger partial charge in [0.1, 0.15) is 5.82 Å². The van der Waals surface area contributed by atoms with E-state index in [1.807, 2.05) is 19.1 Å². The zero-order valence-corrected chi connectivity index (χ0v) is 12.6. The van der Waals surface area contributed by atoms with Crippen molar-refractivity contribution in [3.63, 3.8) is 0 Å². The molecule has 0 aliphatic carbocycles. The van der Waals surface area contributed by atoms with Gasteiger partial charge in [0, 0.05) is 21.5 Å². The van der Waals surface area contributed by atoms with Crippen LogP contribution in [-0.2, 0) is 6.42 Å². The van der Waals surface area contributed by atoms with Crippen molar-refractivity contribution in [1.29, 1.82) is 0 Å². The number of aryl methyl sites for hydroxylation is 1. The monoisotopic (exact) mass is 340 g/mol. The van der Waals surface area contributed by atoms with E-state index in [2.05, 4.69) is 15.9 Å². The number of Topliss-reactive ketones (excluding diaryl/α,β-unsaturated/α-hetero) is 1. The minimum absolute atomic E-state index is 0.0436. The zero-order chi connectivity index (χ0) is 14.0. The van der Waals surface area contributed by atoms with Crippen LogP contribution >= 0.6 is 27.5 Å². The van der Waals surface area contributed by atoms with Crippen LogP contribution in [0.2, 0.25) is 5.02 Å². The lowest BCUT2D eigenvalue weighted by atomic mass is 10.0. The standard InChI is InChI=1S/C15H11BrClFO/c1-9-4-11(6-12(16)5-9)15(19)7-10-2-3-13(18)8-14(10)17/h2-6,8H,7H2,1H3. The van der Waals surface area contributed by atoms with E-state index in [1.165, 1.54) is 12.1 Å². The minimum atomic E-state index is -0.403. The molecule has 0 aliphatic heterocycles. The fourth-order valence-corrected chi connectivity index (χ4v) is 2.68. The predicted octanol–water partition coefficient (Wildman–Crippen LogP) is 4.98. The molecule has 2 aromatic carbocycles. The second kappa shape index (κ2) is 5.85. The maximum atomic E-state index is 12.9. The van der Waals surface area contributed by atoms with E-state index in [-0.39, 0.29) is 17.2 Å². The first kappa shape index (κ1) is 14.2. The molecule has 0 heterocycles. The van der Waals surface area contributed by atoms with Crippen molar-refractivity contribution in [3.8, 4) is 0 Å². The molecule has 0 bridgehead atoms. The molecule has 0 unspecified atom stereocenters. The molecule has 4 heteroatoms. The number of rotatable bonds is 3. The average molecular weight is 342 g/mol. The Balaban J connectivity index is 2.25. The van der Waals surface area contributed by atoms with Gasteiger partial charge in [-0.3, -0.25) is 4.79 Å². The number of benzene rings is 2. The molecule has 0 fully saturated rings. The average Bonchev–Trinajstić information content (AvgIpc) is 2.31. The molecule has 0 aromatic heterocycles. The Bertz CT molecular complexity index is 620. The predicted molar refractivity (Wildman–Crippen MR) is 78.3 cm³/mol. The van der Waals surface area contributed by atoms with Gasteiger partial charge in [0.05, 0.1) is 0 Å². The molecule has 98 valence electrons. The Kier molecular flexibility index (Phi) is 4.38. The number of hydrogen-bond donors (Lipinski definition) is 0. The maximum Gasteiger partial charge on any atom is 0.167 e. The van der Waals surface area contributed by atoms with Gasteiger partial charge in [0.15, 0.2) is 5.78 Å². The van der Waals surface area contributed by atoms with Crippen LogP contribution in [0.3, 0.4) is 0 Å². The molecule has 2 rings (SSSR count). The summed E-state index contributed by atoms with van der Waals surface area (Å²) in [4.78, 5) is 12.2. The Morgan fingerprint density at radius 1 is 1.26 bits per heavy atom. The summed E-state index contributed by atoms with van der Waals surface area (Å²) in [5, 5.41) is 0.278. The largest absolute Gasteiger partial charge is 0.294 e. The van der Waals surface area contributed by atoms with E-state index in [4.69, 9.17) is 11.6 Å². The summed E-state index contributed by atoms with van der Waals surface area (Å²) < 4.78 is 13.8. The third-order valence-electron chi connectivity index (χ3n) is 2.73. The quantitative estimate of drug-likeness (QED) is 0.720. The molecule has 0 saturated heterocycles. The van der Waals surface area contributed by atoms with Crippen LogP contribution in [0.4, 0.5) is 4.39 Å². The Morgan fingerprint density at radius 2 is 2.00 bits per heavy atom. The molecule has 0 spiro atoms. The highest BCUT2D eigenvalue weighted by atomic mass is 79.9. The zero-order valence-electron chi connectivity index (χ0n) is 10.2. The summed E-state index contributed by atoms with van der Waals surface area (Å²) >= 11 is 9.28. The topological polar surface area (TPSA) is 17.1 Å². The highest BCUT2D eigenvalue weighted by molar-refractivity contribution is 9.10. The molecule has 0 amide bonds. The Labute approximate surface area is 124 Å². The molecule has 0 atom stereocenters. The Morgan fingerprint density at radius 3 is 2.63 bits per heavy atom. The SMILES string of the molecule is Cc1cc(Br)cc(C(=O)Cc2ccc(F)cc2Cl)c1. The van der Waals surface area contributed by atoms with Crippen molar-refractivity contribution in [2.75, 3.05) is 0 Å². The minimum Gasteiger partial charge on any atom is -0.294 e. The van der Waals surface area contributed by atoms with Crippen LogP contribution in [0.15, 0.2) is 40.9 Å². The lowest BCUT2D eigenvalue weighted by Crippen LogP contribution is -2.04. The third-order valence-corrected chi connectivity index (χ3v) is 3.54. The van der Waals surface area contributed by atoms with Gasteiger partial charge in [0.2, 0.25) is 0 Å². The normalized spacial score (nSPS) is 10.5. The third kappa shape index (κ3) is 3.64. The lowest BCUT2D eigenvalue weighted by molar-refractivity contribution is 0.0993. The van der Waals surface area contributed by atoms with Crippen LogP contribution in [0.1, 0.15) is 21.5 Å². The van der Waals surface area contributed by atoms with E-state index in [9.17, 15) is 9.18 Å². The van der Waals surface area contributed by atoms with Crippen molar-refractivity contribution in [2.45, 2.75) is 13.3 Å². The van der Waals surface area contributed by atoms with Gasteiger partial charge in [0.25, 0.3) is 0 Å². The highest BCUT2D eigenvalue weighted by Gasteiger charge is 2.11. The van der Waals surface area contributed by atoms with Crippen molar-refractivity contribution < 1.29 is 9.18 Å². The van der Waals surface area contributed by atoms with Crippen molar-refractivity contribution in [3.05, 3.63) is 68.4 Å². The first-order valence-corrected chi connectivity index (χ1v) is 6.87. The van der Waals surface area contributed by atoms with Crippen molar-refractivity contribution in [1.82, 2.24) is 0 Å². The fourth-order valence-electron chi connectivity index (χ4n) is 1.84. The first-order chi connectivity index (χ1) is 8.95. The van der Waals surface area contributed by atoms with Gasteiger partial charge in [-0.1, -0.05) is 33.6 Å². The van der Waals surface area contributed by atoms with Crippen LogP contribution in [0.5, 0.6) is 0 Å². The molecule has 0 aliphatic rings. The van der Waals surface area contributed by atoms with Crippen LogP contribution in [0.25, 0.3) is 0 Å². The number of carbonyl (C=O) groups excluding carboxylic acids is 1. The van der Waals surface area contributed by atoms with E-state index in [0.29, 0.717) is 11.1 Å². The van der Waals surface area contributed by atoms with Gasteiger partial charge < -0.3 is 0 Å².